The summed E-state index contributed by atoms with van der Waals surface area (Å²) in [7, 11) is 0. The number of para-hydroxylation sites is 1. The van der Waals surface area contributed by atoms with Gasteiger partial charge in [0, 0.05) is 13.1 Å². The summed E-state index contributed by atoms with van der Waals surface area (Å²) < 4.78 is 15.6. The number of hydrogen-bond acceptors (Lipinski definition) is 7. The molecule has 0 atom stereocenters. The minimum Gasteiger partial charge on any atom is -0.366 e. The molecule has 0 aliphatic carbocycles. The lowest BCUT2D eigenvalue weighted by Gasteiger charge is -2.09. The van der Waals surface area contributed by atoms with Crippen LogP contribution >= 0.6 is 0 Å². The summed E-state index contributed by atoms with van der Waals surface area (Å²) in [6.07, 6.45) is 1.88. The van der Waals surface area contributed by atoms with E-state index >= 15 is 0 Å². The highest BCUT2D eigenvalue weighted by atomic mass is 19.1. The predicted octanol–water partition coefficient (Wildman–Crippen LogP) is 1.68. The van der Waals surface area contributed by atoms with Crippen molar-refractivity contribution in [3.63, 3.8) is 0 Å². The molecule has 0 saturated heterocycles. The number of anilines is 2. The number of benzene rings is 1. The van der Waals surface area contributed by atoms with Crippen LogP contribution < -0.4 is 10.6 Å². The topological polar surface area (TPSA) is 93.4 Å². The van der Waals surface area contributed by atoms with Crippen LogP contribution in [0, 0.1) is 5.82 Å². The minimum absolute atomic E-state index is 0.200. The average Bonchev–Trinajstić information content (AvgIpc) is 3.09. The molecule has 0 aliphatic heterocycles. The van der Waals surface area contributed by atoms with E-state index < -0.39 is 5.82 Å². The van der Waals surface area contributed by atoms with E-state index in [1.54, 1.807) is 4.68 Å². The van der Waals surface area contributed by atoms with Gasteiger partial charge in [0.15, 0.2) is 11.6 Å². The summed E-state index contributed by atoms with van der Waals surface area (Å²) in [5.74, 6) is 0.306. The van der Waals surface area contributed by atoms with Gasteiger partial charge in [-0.1, -0.05) is 30.2 Å². The molecule has 1 aromatic carbocycles. The van der Waals surface area contributed by atoms with Crippen molar-refractivity contribution in [3.05, 3.63) is 48.2 Å². The van der Waals surface area contributed by atoms with Crippen molar-refractivity contribution in [2.75, 3.05) is 23.7 Å². The molecule has 2 N–H and O–H groups in total. The Morgan fingerprint density at radius 2 is 1.88 bits per heavy atom. The number of halogens is 1. The van der Waals surface area contributed by atoms with E-state index in [0.29, 0.717) is 31.2 Å². The molecule has 0 saturated carbocycles. The summed E-state index contributed by atoms with van der Waals surface area (Å²) >= 11 is 0. The maximum absolute atomic E-state index is 14.0. The zero-order valence-corrected chi connectivity index (χ0v) is 13.1. The number of nitrogens with zero attached hydrogens (tertiary/aromatic N) is 6. The molecule has 24 heavy (non-hydrogen) atoms. The van der Waals surface area contributed by atoms with E-state index in [4.69, 9.17) is 0 Å². The van der Waals surface area contributed by atoms with Gasteiger partial charge in [0.25, 0.3) is 0 Å². The molecule has 0 fully saturated rings. The normalized spacial score (nSPS) is 10.6. The fourth-order valence-corrected chi connectivity index (χ4v) is 2.17. The first-order valence-electron chi connectivity index (χ1n) is 7.60. The molecule has 0 aliphatic rings. The number of aryl methyl sites for hydroxylation is 1. The van der Waals surface area contributed by atoms with Gasteiger partial charge in [0.1, 0.15) is 6.33 Å². The van der Waals surface area contributed by atoms with E-state index in [1.165, 1.54) is 6.33 Å². The van der Waals surface area contributed by atoms with Crippen LogP contribution in [-0.4, -0.2) is 43.3 Å². The standard InChI is InChI=1S/C15H17FN8/c1-2-12-13(16)14(20-10-19-12)17-8-9-18-15-21-22-23-24(15)11-6-4-3-5-7-11/h3-7,10H,2,8-9H2,1H3,(H,17,19,20)(H,18,21,23). The first-order valence-corrected chi connectivity index (χ1v) is 7.60. The molecule has 0 unspecified atom stereocenters. The highest BCUT2D eigenvalue weighted by Crippen LogP contribution is 2.13. The molecule has 0 bridgehead atoms. The molecule has 124 valence electrons. The second-order valence-electron chi connectivity index (χ2n) is 4.94. The molecular formula is C15H17FN8. The van der Waals surface area contributed by atoms with Crippen LogP contribution in [0.5, 0.6) is 0 Å². The van der Waals surface area contributed by atoms with E-state index in [1.807, 2.05) is 37.3 Å². The van der Waals surface area contributed by atoms with Gasteiger partial charge in [0.05, 0.1) is 11.4 Å². The smallest absolute Gasteiger partial charge is 0.247 e. The number of nitrogens with one attached hydrogen (secondary N) is 2. The highest BCUT2D eigenvalue weighted by molar-refractivity contribution is 5.40. The Morgan fingerprint density at radius 1 is 1.08 bits per heavy atom. The maximum Gasteiger partial charge on any atom is 0.247 e. The molecule has 8 nitrogen and oxygen atoms in total. The van der Waals surface area contributed by atoms with Crippen molar-refractivity contribution < 1.29 is 4.39 Å². The van der Waals surface area contributed by atoms with Gasteiger partial charge in [0.2, 0.25) is 5.95 Å². The first-order chi connectivity index (χ1) is 11.8. The molecule has 0 radical (unpaired) electrons. The minimum atomic E-state index is -0.408. The van der Waals surface area contributed by atoms with Gasteiger partial charge in [-0.2, -0.15) is 4.68 Å². The van der Waals surface area contributed by atoms with E-state index in [0.717, 1.165) is 5.69 Å². The quantitative estimate of drug-likeness (QED) is 0.637. The SMILES string of the molecule is CCc1ncnc(NCCNc2nnnn2-c2ccccc2)c1F. The Hall–Kier alpha value is -3.10. The molecule has 3 rings (SSSR count). The number of tetrazole rings is 1. The Morgan fingerprint density at radius 3 is 2.67 bits per heavy atom. The third-order valence-electron chi connectivity index (χ3n) is 3.37. The molecule has 3 aromatic rings. The molecule has 2 aromatic heterocycles. The maximum atomic E-state index is 14.0. The molecule has 0 spiro atoms. The molecule has 9 heteroatoms. The van der Waals surface area contributed by atoms with Crippen LogP contribution in [0.3, 0.4) is 0 Å². The average molecular weight is 328 g/mol. The van der Waals surface area contributed by atoms with E-state index in [2.05, 4.69) is 36.1 Å². The second kappa shape index (κ2) is 7.44. The number of aromatic nitrogens is 6. The monoisotopic (exact) mass is 328 g/mol. The van der Waals surface area contributed by atoms with Gasteiger partial charge >= 0.3 is 0 Å². The van der Waals surface area contributed by atoms with E-state index in [-0.39, 0.29) is 5.82 Å². The Labute approximate surface area is 138 Å². The zero-order chi connectivity index (χ0) is 16.8. The van der Waals surface area contributed by atoms with Gasteiger partial charge in [-0.05, 0) is 29.0 Å². The van der Waals surface area contributed by atoms with Crippen LogP contribution in [0.25, 0.3) is 5.69 Å². The Balaban J connectivity index is 1.58. The highest BCUT2D eigenvalue weighted by Gasteiger charge is 2.10. The van der Waals surface area contributed by atoms with Crippen molar-refractivity contribution in [3.8, 4) is 5.69 Å². The van der Waals surface area contributed by atoms with Crippen LogP contribution in [0.2, 0.25) is 0 Å². The largest absolute Gasteiger partial charge is 0.366 e. The number of rotatable bonds is 7. The van der Waals surface area contributed by atoms with Crippen molar-refractivity contribution in [1.29, 1.82) is 0 Å². The van der Waals surface area contributed by atoms with Crippen LogP contribution in [-0.2, 0) is 6.42 Å². The predicted molar refractivity (Wildman–Crippen MR) is 87.5 cm³/mol. The summed E-state index contributed by atoms with van der Waals surface area (Å²) in [4.78, 5) is 7.82. The van der Waals surface area contributed by atoms with Crippen molar-refractivity contribution in [2.24, 2.45) is 0 Å². The molecular weight excluding hydrogens is 311 g/mol. The number of hydrogen-bond donors (Lipinski definition) is 2. The zero-order valence-electron chi connectivity index (χ0n) is 13.1. The van der Waals surface area contributed by atoms with Gasteiger partial charge < -0.3 is 10.6 Å². The van der Waals surface area contributed by atoms with Crippen LogP contribution in [0.15, 0.2) is 36.7 Å². The second-order valence-corrected chi connectivity index (χ2v) is 4.94. The fourth-order valence-electron chi connectivity index (χ4n) is 2.17. The van der Waals surface area contributed by atoms with Crippen molar-refractivity contribution in [2.45, 2.75) is 13.3 Å². The summed E-state index contributed by atoms with van der Waals surface area (Å²) in [6, 6.07) is 9.55. The van der Waals surface area contributed by atoms with Gasteiger partial charge in [-0.15, -0.1) is 0 Å². The Bertz CT molecular complexity index is 789. The molecule has 2 heterocycles. The lowest BCUT2D eigenvalue weighted by molar-refractivity contribution is 0.597. The van der Waals surface area contributed by atoms with Gasteiger partial charge in [-0.3, -0.25) is 0 Å². The summed E-state index contributed by atoms with van der Waals surface area (Å²) in [5.41, 5.74) is 1.25. The molecule has 0 amide bonds. The first kappa shape index (κ1) is 15.8. The third-order valence-corrected chi connectivity index (χ3v) is 3.37. The lowest BCUT2D eigenvalue weighted by atomic mass is 10.3. The van der Waals surface area contributed by atoms with Crippen molar-refractivity contribution >= 4 is 11.8 Å². The summed E-state index contributed by atoms with van der Waals surface area (Å²) in [6.45, 7) is 2.80. The van der Waals surface area contributed by atoms with E-state index in [9.17, 15) is 4.39 Å². The van der Waals surface area contributed by atoms with Gasteiger partial charge in [-0.25, -0.2) is 14.4 Å². The van der Waals surface area contributed by atoms with Crippen LogP contribution in [0.4, 0.5) is 16.2 Å². The van der Waals surface area contributed by atoms with Crippen molar-refractivity contribution in [1.82, 2.24) is 30.2 Å². The third kappa shape index (κ3) is 3.45. The fraction of sp³-hybridized carbons (Fsp3) is 0.267. The van der Waals surface area contributed by atoms with Crippen LogP contribution in [0.1, 0.15) is 12.6 Å². The summed E-state index contributed by atoms with van der Waals surface area (Å²) in [5, 5.41) is 17.6. The Kier molecular flexibility index (Phi) is 4.90. The lowest BCUT2D eigenvalue weighted by Crippen LogP contribution is -2.18.